The van der Waals surface area contributed by atoms with Gasteiger partial charge >= 0.3 is 11.9 Å². The third-order valence-corrected chi connectivity index (χ3v) is 21.9. The van der Waals surface area contributed by atoms with Crippen LogP contribution in [-0.4, -0.2) is 129 Å². The highest BCUT2D eigenvalue weighted by atomic mass is 35.5. The van der Waals surface area contributed by atoms with E-state index in [1.807, 2.05) is 205 Å². The van der Waals surface area contributed by atoms with Crippen LogP contribution in [0.1, 0.15) is 115 Å². The summed E-state index contributed by atoms with van der Waals surface area (Å²) in [6.45, 7) is 21.5. The van der Waals surface area contributed by atoms with Gasteiger partial charge in [0.1, 0.15) is 79.0 Å². The molecule has 7 aromatic heterocycles. The molecule has 0 aliphatic heterocycles. The number of aromatic amines is 1. The van der Waals surface area contributed by atoms with Gasteiger partial charge in [0.2, 0.25) is 34.4 Å². The number of rotatable bonds is 19. The maximum absolute atomic E-state index is 11.5. The number of aromatic carboxylic acids is 1. The summed E-state index contributed by atoms with van der Waals surface area (Å²) in [5.41, 5.74) is 42.6. The zero-order valence-electron chi connectivity index (χ0n) is 78.0. The van der Waals surface area contributed by atoms with Gasteiger partial charge in [-0.2, -0.15) is 15.2 Å². The fourth-order valence-electron chi connectivity index (χ4n) is 14.4. The van der Waals surface area contributed by atoms with Crippen LogP contribution in [0, 0.1) is 73.6 Å². The van der Waals surface area contributed by atoms with Gasteiger partial charge in [-0.25, -0.2) is 63.6 Å². The van der Waals surface area contributed by atoms with Gasteiger partial charge in [-0.15, -0.1) is 0 Å². The van der Waals surface area contributed by atoms with E-state index >= 15 is 0 Å². The molecule has 0 amide bonds. The van der Waals surface area contributed by atoms with Crippen molar-refractivity contribution < 1.29 is 43.1 Å². The Balaban J connectivity index is 0.000000187. The highest BCUT2D eigenvalue weighted by Crippen LogP contribution is 2.39. The van der Waals surface area contributed by atoms with Crippen molar-refractivity contribution in [3.05, 3.63) is 318 Å². The topological polar surface area (TPSA) is 441 Å². The number of carboxylic acid groups (broad SMARTS) is 1. The first kappa shape index (κ1) is 106. The lowest BCUT2D eigenvalue weighted by Gasteiger charge is -2.16. The van der Waals surface area contributed by atoms with E-state index in [9.17, 15) is 9.59 Å². The van der Waals surface area contributed by atoms with Gasteiger partial charge in [0.15, 0.2) is 5.95 Å². The Bertz CT molecular complexity index is 7280. The Morgan fingerprint density at radius 2 is 0.797 bits per heavy atom. The minimum absolute atomic E-state index is 0. The number of anilines is 6. The Morgan fingerprint density at radius 3 is 1.17 bits per heavy atom. The number of aryl methyl sites for hydroxylation is 7. The number of nitriles is 1. The first-order chi connectivity index (χ1) is 65.5. The van der Waals surface area contributed by atoms with E-state index < -0.39 is 11.9 Å². The number of nitrogens with one attached hydrogen (secondary N) is 4. The molecular weight excluding hydrogens is 1810 g/mol. The van der Waals surface area contributed by atoms with Gasteiger partial charge in [-0.1, -0.05) is 172 Å². The second-order valence-corrected chi connectivity index (χ2v) is 31.7. The zero-order chi connectivity index (χ0) is 98.0. The molecule has 0 saturated heterocycles. The summed E-state index contributed by atoms with van der Waals surface area (Å²) in [6, 6.07) is 73.1. The quantitative estimate of drug-likeness (QED) is 0.0206. The fourth-order valence-corrected chi connectivity index (χ4v) is 15.0. The predicted octanol–water partition coefficient (Wildman–Crippen LogP) is 22.1. The van der Waals surface area contributed by atoms with E-state index in [2.05, 4.69) is 116 Å². The number of aromatic nitrogens is 14. The van der Waals surface area contributed by atoms with Crippen LogP contribution in [0.3, 0.4) is 0 Å². The number of nitrogen functional groups attached to an aromatic ring is 3. The monoisotopic (exact) mass is 1920 g/mol. The highest BCUT2D eigenvalue weighted by Gasteiger charge is 2.27. The van der Waals surface area contributed by atoms with Crippen molar-refractivity contribution in [2.75, 3.05) is 75.8 Å². The molecule has 138 heavy (non-hydrogen) atoms. The number of carboxylic acids is 1. The number of nitrogens with zero attached hydrogens (tertiary/aromatic N) is 14. The lowest BCUT2D eigenvalue weighted by molar-refractivity contribution is 0.0581. The average molecular weight is 1920 g/mol. The van der Waals surface area contributed by atoms with Gasteiger partial charge < -0.3 is 77.4 Å². The number of halogens is 3. The van der Waals surface area contributed by atoms with Crippen molar-refractivity contribution in [3.63, 3.8) is 0 Å². The summed E-state index contributed by atoms with van der Waals surface area (Å²) in [5.74, 6) is 5.24. The molecule has 0 bridgehead atoms. The number of H-pyrrole nitrogens is 1. The summed E-state index contributed by atoms with van der Waals surface area (Å²) in [5, 5.41) is 30.9. The third-order valence-electron chi connectivity index (χ3n) is 21.2. The Hall–Kier alpha value is -16.0. The van der Waals surface area contributed by atoms with E-state index in [1.165, 1.54) is 38.3 Å². The summed E-state index contributed by atoms with van der Waals surface area (Å²) in [7, 11) is 9.10. The molecule has 0 saturated carbocycles. The van der Waals surface area contributed by atoms with E-state index in [1.54, 1.807) is 57.5 Å². The van der Waals surface area contributed by atoms with Crippen LogP contribution >= 0.6 is 34.8 Å². The van der Waals surface area contributed by atoms with Crippen LogP contribution in [0.4, 0.5) is 35.3 Å². The van der Waals surface area contributed by atoms with Crippen LogP contribution in [0.15, 0.2) is 218 Å². The summed E-state index contributed by atoms with van der Waals surface area (Å²) >= 11 is 17.8. The number of imidazole rings is 3. The first-order valence-corrected chi connectivity index (χ1v) is 43.7. The lowest BCUT2D eigenvalue weighted by Crippen LogP contribution is -2.13. The third kappa shape index (κ3) is 26.1. The van der Waals surface area contributed by atoms with Crippen molar-refractivity contribution in [1.82, 2.24) is 68.9 Å². The summed E-state index contributed by atoms with van der Waals surface area (Å²) < 4.78 is 35.2. The molecule has 0 fully saturated rings. The van der Waals surface area contributed by atoms with Gasteiger partial charge in [-0.05, 0) is 220 Å². The number of methoxy groups -OCH3 is 6. The highest BCUT2D eigenvalue weighted by molar-refractivity contribution is 6.36. The molecule has 0 unspecified atom stereocenters. The van der Waals surface area contributed by atoms with Crippen LogP contribution in [0.25, 0.3) is 77.6 Å². The van der Waals surface area contributed by atoms with Crippen LogP contribution in [-0.2, 0) is 30.9 Å². The number of carbonyl (C=O) groups is 2. The molecule has 13 N–H and O–H groups in total. The molecule has 34 heteroatoms. The van der Waals surface area contributed by atoms with E-state index in [4.69, 9.17) is 112 Å². The molecule has 0 atom stereocenters. The second kappa shape index (κ2) is 49.8. The standard InChI is InChI=1S/C25H24N6O.C24H22N6O.C17H16ClN3O.C12H14O5.C10H8Cl2N2O.C7H9N.C5H9N3.C2H3N.2CH4/c1-15-13-18-21(22(32-3)16(15)2)29-25(30-23(18)27-14-17-9-5-4-6-10-17)31-20-12-8-7-11-19(20)28-24(31)26;1-15-12-17-21(20(13-15)31-2)28-24(29-22(17)26-14-16-8-4-3-5-9-16)30-19-11-7-6-10-18(19)27-23(30)25;1-11-8-13-15(14(9-11)22-2)20-17(18)21-16(13)19-10-12-6-4-3-5-7-12;1-6-5-8(12(15)17-4)9(11(13)14)10(16-3)7(6)2;1-5-3-6-8(7(4-5)15-2)13-10(12)14-9(6)11;8-6-7-4-2-1-3-5-7;1-3-4(2)8-5(6)7-3;1-2-3;;/h4-13H,14H2,1-3H3,(H2,26,28)(H,27,29,30);3-13H,14H2,1-2H3,(H2,25,27)(H,26,28,29);3-9H,10H2,1-2H3,(H,19,20,21);5H,1-4H3,(H,13,14);3-4H,1-2H3;1-5H,6,8H2;1-2H3,(H3,6,7,8);1H3;2*1H4. The zero-order valence-corrected chi connectivity index (χ0v) is 80.3. The van der Waals surface area contributed by atoms with Crippen LogP contribution < -0.4 is 62.6 Å². The minimum atomic E-state index is -1.22. The maximum atomic E-state index is 11.5. The fraction of sp³-hybridized carbons (Fsp3) is 0.212. The van der Waals surface area contributed by atoms with Crippen molar-refractivity contribution in [2.24, 2.45) is 5.73 Å². The number of ether oxygens (including phenoxy) is 6. The van der Waals surface area contributed by atoms with Crippen molar-refractivity contribution >= 4 is 148 Å². The second-order valence-electron chi connectivity index (χ2n) is 30.6. The number of para-hydroxylation sites is 4. The predicted molar refractivity (Wildman–Crippen MR) is 555 cm³/mol. The average Bonchev–Trinajstić information content (AvgIpc) is 0.991. The van der Waals surface area contributed by atoms with Gasteiger partial charge in [0.05, 0.1) is 82.1 Å². The number of benzene rings is 11. The summed E-state index contributed by atoms with van der Waals surface area (Å²) in [6.07, 6.45) is 0. The number of esters is 1. The molecule has 11 aromatic carbocycles. The molecule has 0 spiro atoms. The van der Waals surface area contributed by atoms with Gasteiger partial charge in [-0.3, -0.25) is 0 Å². The van der Waals surface area contributed by atoms with E-state index in [0.717, 1.165) is 111 Å². The van der Waals surface area contributed by atoms with Gasteiger partial charge in [0, 0.05) is 60.3 Å². The number of carbonyl (C=O) groups excluding carboxylic acids is 1. The Labute approximate surface area is 816 Å². The first-order valence-electron chi connectivity index (χ1n) is 42.5. The molecular formula is C104H113Cl3N22O9. The normalized spacial score (nSPS) is 10.3. The molecule has 0 aliphatic carbocycles. The molecule has 31 nitrogen and oxygen atoms in total. The van der Waals surface area contributed by atoms with Crippen LogP contribution in [0.2, 0.25) is 15.7 Å². The minimum Gasteiger partial charge on any atom is -0.496 e. The summed E-state index contributed by atoms with van der Waals surface area (Å²) in [4.78, 5) is 74.5. The number of hydrogen-bond acceptors (Lipinski definition) is 27. The van der Waals surface area contributed by atoms with E-state index in [-0.39, 0.29) is 42.3 Å². The molecule has 18 aromatic rings. The van der Waals surface area contributed by atoms with Crippen LogP contribution in [0.5, 0.6) is 28.7 Å². The van der Waals surface area contributed by atoms with Crippen molar-refractivity contribution in [3.8, 4) is 46.7 Å². The van der Waals surface area contributed by atoms with Gasteiger partial charge in [0.25, 0.3) is 0 Å². The Morgan fingerprint density at radius 1 is 0.435 bits per heavy atom. The molecule has 0 aliphatic rings. The smallest absolute Gasteiger partial charge is 0.340 e. The van der Waals surface area contributed by atoms with Crippen molar-refractivity contribution in [2.45, 2.75) is 110 Å². The number of hydrogen-bond donors (Lipinski definition) is 9. The number of fused-ring (bicyclic) bond motifs is 6. The Kier molecular flexibility index (Phi) is 38.2. The largest absolute Gasteiger partial charge is 0.496 e. The number of nitrogens with two attached hydrogens (primary N) is 4. The molecule has 0 radical (unpaired) electrons. The lowest BCUT2D eigenvalue weighted by atomic mass is 9.98. The van der Waals surface area contributed by atoms with Crippen molar-refractivity contribution in [1.29, 1.82) is 5.26 Å². The van der Waals surface area contributed by atoms with E-state index in [0.29, 0.717) is 118 Å². The molecule has 18 rings (SSSR count). The molecule has 714 valence electrons. The SMILES string of the molecule is C.C.CC#N.COC(=O)c1cc(C)c(C)c(OC)c1C(=O)O.COc1c(C)c(C)cc2c(NCc3ccccc3)nc(-n3c(N)nc4ccccc43)nc12.COc1cc(C)cc2c(Cl)nc(Cl)nc12.COc1cc(C)cc2c(NCc3ccccc3)nc(-n3c(N)nc4ccccc43)nc12.COc1cc(C)cc2c(NCc3ccccc3)nc(Cl)nc12.Cc1nc(N)[nH]c1C.NCc1ccccc1. The maximum Gasteiger partial charge on any atom is 0.340 e. The molecule has 7 heterocycles.